The van der Waals surface area contributed by atoms with Crippen LogP contribution in [0.3, 0.4) is 0 Å². The Balaban J connectivity index is 1.49. The lowest BCUT2D eigenvalue weighted by Gasteiger charge is -2.35. The fraction of sp³-hybridized carbons (Fsp3) is 0.708. The molecule has 162 valence electrons. The molecule has 0 amide bonds. The monoisotopic (exact) mass is 399 g/mol. The second-order valence-corrected chi connectivity index (χ2v) is 8.90. The number of likely N-dealkylation sites (tertiary alicyclic amines) is 2. The molecule has 29 heavy (non-hydrogen) atoms. The molecule has 0 unspecified atom stereocenters. The van der Waals surface area contributed by atoms with E-state index in [4.69, 9.17) is 4.99 Å². The van der Waals surface area contributed by atoms with Crippen LogP contribution in [0.25, 0.3) is 0 Å². The molecule has 0 spiro atoms. The summed E-state index contributed by atoms with van der Waals surface area (Å²) in [5, 5.41) is 7.08. The quantitative estimate of drug-likeness (QED) is 0.543. The van der Waals surface area contributed by atoms with Crippen LogP contribution in [0.2, 0.25) is 0 Å². The third-order valence-corrected chi connectivity index (χ3v) is 6.24. The largest absolute Gasteiger partial charge is 0.357 e. The fourth-order valence-electron chi connectivity index (χ4n) is 4.37. The summed E-state index contributed by atoms with van der Waals surface area (Å²) >= 11 is 0. The van der Waals surface area contributed by atoms with Gasteiger partial charge in [0.15, 0.2) is 5.96 Å². The molecule has 1 aromatic carbocycles. The molecule has 0 radical (unpaired) electrons. The Morgan fingerprint density at radius 2 is 1.66 bits per heavy atom. The molecule has 3 rings (SSSR count). The van der Waals surface area contributed by atoms with Crippen LogP contribution in [-0.2, 0) is 13.1 Å². The van der Waals surface area contributed by atoms with Gasteiger partial charge in [-0.1, -0.05) is 30.7 Å². The Labute approximate surface area is 178 Å². The number of rotatable bonds is 7. The molecule has 2 aliphatic rings. The SMILES string of the molecule is CCNC(=NCc1ccc(CN2CCCCC2)cc1)NC1CCN(C(C)C)CC1. The van der Waals surface area contributed by atoms with Crippen LogP contribution in [0, 0.1) is 0 Å². The molecular formula is C24H41N5. The summed E-state index contributed by atoms with van der Waals surface area (Å²) in [4.78, 5) is 9.99. The normalized spacial score (nSPS) is 20.2. The lowest BCUT2D eigenvalue weighted by atomic mass is 10.0. The first kappa shape index (κ1) is 22.1. The van der Waals surface area contributed by atoms with Crippen molar-refractivity contribution >= 4 is 5.96 Å². The molecule has 2 heterocycles. The van der Waals surface area contributed by atoms with E-state index in [1.165, 1.54) is 69.4 Å². The Bertz CT molecular complexity index is 611. The Kier molecular flexibility index (Phi) is 8.81. The Hall–Kier alpha value is -1.59. The van der Waals surface area contributed by atoms with Gasteiger partial charge in [0.25, 0.3) is 0 Å². The van der Waals surface area contributed by atoms with Crippen LogP contribution in [0.4, 0.5) is 0 Å². The molecule has 5 heteroatoms. The number of hydrogen-bond acceptors (Lipinski definition) is 3. The number of piperidine rings is 2. The van der Waals surface area contributed by atoms with Crippen LogP contribution in [0.15, 0.2) is 29.3 Å². The molecule has 0 aliphatic carbocycles. The zero-order chi connectivity index (χ0) is 20.5. The van der Waals surface area contributed by atoms with Crippen molar-refractivity contribution < 1.29 is 0 Å². The Morgan fingerprint density at radius 3 is 2.28 bits per heavy atom. The highest BCUT2D eigenvalue weighted by molar-refractivity contribution is 5.80. The van der Waals surface area contributed by atoms with Crippen molar-refractivity contribution in [2.24, 2.45) is 4.99 Å². The fourth-order valence-corrected chi connectivity index (χ4v) is 4.37. The third-order valence-electron chi connectivity index (χ3n) is 6.24. The van der Waals surface area contributed by atoms with Crippen LogP contribution < -0.4 is 10.6 Å². The van der Waals surface area contributed by atoms with Gasteiger partial charge in [0.1, 0.15) is 0 Å². The molecule has 0 saturated carbocycles. The van der Waals surface area contributed by atoms with Crippen molar-refractivity contribution in [3.05, 3.63) is 35.4 Å². The standard InChI is InChI=1S/C24H41N5/c1-4-25-24(27-23-12-16-29(17-13-23)20(2)3)26-18-21-8-10-22(11-9-21)19-28-14-6-5-7-15-28/h8-11,20,23H,4-7,12-19H2,1-3H3,(H2,25,26,27). The highest BCUT2D eigenvalue weighted by atomic mass is 15.2. The van der Waals surface area contributed by atoms with E-state index in [0.717, 1.165) is 25.6 Å². The minimum Gasteiger partial charge on any atom is -0.357 e. The lowest BCUT2D eigenvalue weighted by molar-refractivity contribution is 0.167. The summed E-state index contributed by atoms with van der Waals surface area (Å²) in [6, 6.07) is 10.2. The highest BCUT2D eigenvalue weighted by Gasteiger charge is 2.21. The van der Waals surface area contributed by atoms with Crippen molar-refractivity contribution in [3.63, 3.8) is 0 Å². The second kappa shape index (κ2) is 11.6. The van der Waals surface area contributed by atoms with Crippen LogP contribution in [-0.4, -0.2) is 60.6 Å². The molecule has 0 bridgehead atoms. The van der Waals surface area contributed by atoms with Gasteiger partial charge in [-0.2, -0.15) is 0 Å². The van der Waals surface area contributed by atoms with E-state index >= 15 is 0 Å². The van der Waals surface area contributed by atoms with Gasteiger partial charge < -0.3 is 15.5 Å². The van der Waals surface area contributed by atoms with E-state index in [1.807, 2.05) is 0 Å². The lowest BCUT2D eigenvalue weighted by Crippen LogP contribution is -2.49. The third kappa shape index (κ3) is 7.31. The van der Waals surface area contributed by atoms with Crippen molar-refractivity contribution in [3.8, 4) is 0 Å². The minimum absolute atomic E-state index is 0.523. The minimum atomic E-state index is 0.523. The van der Waals surface area contributed by atoms with Gasteiger partial charge in [0, 0.05) is 38.3 Å². The maximum atomic E-state index is 4.85. The molecule has 2 N–H and O–H groups in total. The summed E-state index contributed by atoms with van der Waals surface area (Å²) in [5.41, 5.74) is 2.70. The smallest absolute Gasteiger partial charge is 0.191 e. The maximum absolute atomic E-state index is 4.85. The van der Waals surface area contributed by atoms with Gasteiger partial charge in [-0.3, -0.25) is 4.90 Å². The molecular weight excluding hydrogens is 358 g/mol. The molecule has 0 aromatic heterocycles. The first-order chi connectivity index (χ1) is 14.1. The number of guanidine groups is 1. The molecule has 2 aliphatic heterocycles. The van der Waals surface area contributed by atoms with E-state index in [2.05, 4.69) is 65.5 Å². The van der Waals surface area contributed by atoms with Gasteiger partial charge in [0.2, 0.25) is 0 Å². The van der Waals surface area contributed by atoms with Crippen LogP contribution in [0.1, 0.15) is 64.0 Å². The van der Waals surface area contributed by atoms with Crippen molar-refractivity contribution in [2.75, 3.05) is 32.7 Å². The van der Waals surface area contributed by atoms with Crippen molar-refractivity contribution in [2.45, 2.75) is 78.0 Å². The zero-order valence-electron chi connectivity index (χ0n) is 18.8. The number of aliphatic imine (C=N–C) groups is 1. The molecule has 1 aromatic rings. The highest BCUT2D eigenvalue weighted by Crippen LogP contribution is 2.15. The maximum Gasteiger partial charge on any atom is 0.191 e. The predicted octanol–water partition coefficient (Wildman–Crippen LogP) is 3.60. The number of hydrogen-bond donors (Lipinski definition) is 2. The van der Waals surface area contributed by atoms with E-state index in [-0.39, 0.29) is 0 Å². The first-order valence-corrected chi connectivity index (χ1v) is 11.7. The van der Waals surface area contributed by atoms with Gasteiger partial charge in [-0.05, 0) is 70.7 Å². The number of benzene rings is 1. The number of nitrogens with one attached hydrogen (secondary N) is 2. The molecule has 5 nitrogen and oxygen atoms in total. The van der Waals surface area contributed by atoms with E-state index in [1.54, 1.807) is 0 Å². The van der Waals surface area contributed by atoms with Gasteiger partial charge in [-0.25, -0.2) is 4.99 Å². The van der Waals surface area contributed by atoms with Crippen LogP contribution >= 0.6 is 0 Å². The average Bonchev–Trinajstić information content (AvgIpc) is 2.74. The molecule has 2 saturated heterocycles. The summed E-state index contributed by atoms with van der Waals surface area (Å²) < 4.78 is 0. The van der Waals surface area contributed by atoms with Gasteiger partial charge in [-0.15, -0.1) is 0 Å². The number of nitrogens with zero attached hydrogens (tertiary/aromatic N) is 3. The van der Waals surface area contributed by atoms with E-state index in [9.17, 15) is 0 Å². The Morgan fingerprint density at radius 1 is 1.00 bits per heavy atom. The van der Waals surface area contributed by atoms with Crippen molar-refractivity contribution in [1.29, 1.82) is 0 Å². The average molecular weight is 400 g/mol. The van der Waals surface area contributed by atoms with E-state index < -0.39 is 0 Å². The van der Waals surface area contributed by atoms with Crippen LogP contribution in [0.5, 0.6) is 0 Å². The zero-order valence-corrected chi connectivity index (χ0v) is 18.8. The topological polar surface area (TPSA) is 42.9 Å². The predicted molar refractivity (Wildman–Crippen MR) is 123 cm³/mol. The molecule has 0 atom stereocenters. The first-order valence-electron chi connectivity index (χ1n) is 11.7. The summed E-state index contributed by atoms with van der Waals surface area (Å²) in [7, 11) is 0. The second-order valence-electron chi connectivity index (χ2n) is 8.90. The van der Waals surface area contributed by atoms with Gasteiger partial charge >= 0.3 is 0 Å². The van der Waals surface area contributed by atoms with Crippen molar-refractivity contribution in [1.82, 2.24) is 20.4 Å². The van der Waals surface area contributed by atoms with E-state index in [0.29, 0.717) is 12.1 Å². The summed E-state index contributed by atoms with van der Waals surface area (Å²) in [6.45, 7) is 14.3. The molecule has 2 fully saturated rings. The summed E-state index contributed by atoms with van der Waals surface area (Å²) in [5.74, 6) is 0.952. The van der Waals surface area contributed by atoms with Gasteiger partial charge in [0.05, 0.1) is 6.54 Å². The summed E-state index contributed by atoms with van der Waals surface area (Å²) in [6.07, 6.45) is 6.47.